The monoisotopic (exact) mass is 468 g/mol. The second-order valence-electron chi connectivity index (χ2n) is 12.8. The summed E-state index contributed by atoms with van der Waals surface area (Å²) in [6.07, 6.45) is 5.77. The number of hydrogen-bond acceptors (Lipinski definition) is 6. The standard InChI is InChI=1S/C27H48O6/c1-15(4-7-22(31)16(13-28)14-29)19-5-6-20-25-21(12-24(33)27(19,20)3)26(2)9-8-18(30)10-17(26)11-23(25)32/h15-25,28-33H,4-14H2,1-3H3/t15-,17-,18-,19?,20+,21+,22+,23-,24+,25+,26+,27-/m1/s1. The van der Waals surface area contributed by atoms with Crippen LogP contribution in [0.25, 0.3) is 0 Å². The van der Waals surface area contributed by atoms with Crippen molar-refractivity contribution in [1.29, 1.82) is 0 Å². The van der Waals surface area contributed by atoms with E-state index in [-0.39, 0.29) is 42.2 Å². The van der Waals surface area contributed by atoms with Crippen LogP contribution in [0.2, 0.25) is 0 Å². The molecular formula is C27H48O6. The Morgan fingerprint density at radius 2 is 1.58 bits per heavy atom. The van der Waals surface area contributed by atoms with Crippen LogP contribution in [0, 0.1) is 52.3 Å². The number of fused-ring (bicyclic) bond motifs is 5. The van der Waals surface area contributed by atoms with Gasteiger partial charge in [-0.2, -0.15) is 0 Å². The quantitative estimate of drug-likeness (QED) is 0.341. The van der Waals surface area contributed by atoms with Crippen LogP contribution >= 0.6 is 0 Å². The fraction of sp³-hybridized carbons (Fsp3) is 1.00. The molecule has 33 heavy (non-hydrogen) atoms. The highest BCUT2D eigenvalue weighted by Crippen LogP contribution is 2.68. The van der Waals surface area contributed by atoms with Crippen LogP contribution < -0.4 is 0 Å². The van der Waals surface area contributed by atoms with E-state index in [0.29, 0.717) is 36.0 Å². The van der Waals surface area contributed by atoms with Gasteiger partial charge in [0.25, 0.3) is 0 Å². The third-order valence-electron chi connectivity index (χ3n) is 11.5. The molecular weight excluding hydrogens is 420 g/mol. The Kier molecular flexibility index (Phi) is 7.57. The molecule has 0 aromatic carbocycles. The lowest BCUT2D eigenvalue weighted by atomic mass is 9.43. The van der Waals surface area contributed by atoms with Crippen LogP contribution in [0.15, 0.2) is 0 Å². The van der Waals surface area contributed by atoms with Gasteiger partial charge >= 0.3 is 0 Å². The van der Waals surface area contributed by atoms with Crippen molar-refractivity contribution in [3.63, 3.8) is 0 Å². The summed E-state index contributed by atoms with van der Waals surface area (Å²) < 4.78 is 0. The predicted octanol–water partition coefficient (Wildman–Crippen LogP) is 2.33. The van der Waals surface area contributed by atoms with Gasteiger partial charge in [0.05, 0.1) is 37.6 Å². The molecule has 0 aliphatic heterocycles. The zero-order chi connectivity index (χ0) is 24.1. The first kappa shape index (κ1) is 25.8. The Morgan fingerprint density at radius 1 is 0.879 bits per heavy atom. The summed E-state index contributed by atoms with van der Waals surface area (Å²) in [6, 6.07) is 0. The molecule has 6 heteroatoms. The summed E-state index contributed by atoms with van der Waals surface area (Å²) >= 11 is 0. The van der Waals surface area contributed by atoms with E-state index < -0.39 is 18.1 Å². The highest BCUT2D eigenvalue weighted by Gasteiger charge is 2.65. The molecule has 0 aromatic rings. The molecule has 4 aliphatic carbocycles. The zero-order valence-electron chi connectivity index (χ0n) is 20.8. The molecule has 0 saturated heterocycles. The van der Waals surface area contributed by atoms with E-state index in [9.17, 15) is 30.6 Å². The molecule has 0 amide bonds. The average molecular weight is 469 g/mol. The van der Waals surface area contributed by atoms with Gasteiger partial charge in [-0.1, -0.05) is 20.8 Å². The van der Waals surface area contributed by atoms with Crippen molar-refractivity contribution in [2.45, 2.75) is 103 Å². The van der Waals surface area contributed by atoms with E-state index in [1.165, 1.54) is 0 Å². The molecule has 4 aliphatic rings. The molecule has 0 bridgehead atoms. The minimum absolute atomic E-state index is 0.0862. The van der Waals surface area contributed by atoms with Gasteiger partial charge in [0.2, 0.25) is 0 Å². The third kappa shape index (κ3) is 4.21. The van der Waals surface area contributed by atoms with E-state index in [1.807, 2.05) is 0 Å². The second-order valence-corrected chi connectivity index (χ2v) is 12.8. The Balaban J connectivity index is 1.51. The summed E-state index contributed by atoms with van der Waals surface area (Å²) in [6.45, 7) is 6.39. The molecule has 192 valence electrons. The van der Waals surface area contributed by atoms with Crippen LogP contribution in [-0.2, 0) is 0 Å². The van der Waals surface area contributed by atoms with E-state index in [4.69, 9.17) is 0 Å². The maximum absolute atomic E-state index is 11.6. The summed E-state index contributed by atoms with van der Waals surface area (Å²) in [7, 11) is 0. The van der Waals surface area contributed by atoms with Crippen molar-refractivity contribution in [2.75, 3.05) is 13.2 Å². The normalized spacial score (nSPS) is 49.3. The SMILES string of the molecule is C[C@H](CC[C@H](O)C(CO)CO)C1CC[C@H]2[C@@H]3[C@H](O)C[C@H]4C[C@H](O)CC[C@]4(C)[C@H]3C[C@H](O)[C@]12C. The van der Waals surface area contributed by atoms with Crippen molar-refractivity contribution in [3.05, 3.63) is 0 Å². The van der Waals surface area contributed by atoms with Crippen molar-refractivity contribution in [3.8, 4) is 0 Å². The number of rotatable bonds is 7. The van der Waals surface area contributed by atoms with Crippen LogP contribution in [-0.4, -0.2) is 68.3 Å². The summed E-state index contributed by atoms with van der Waals surface area (Å²) in [5.41, 5.74) is -0.153. The Morgan fingerprint density at radius 3 is 2.24 bits per heavy atom. The van der Waals surface area contributed by atoms with Gasteiger partial charge in [-0.3, -0.25) is 0 Å². The van der Waals surface area contributed by atoms with Crippen LogP contribution in [0.5, 0.6) is 0 Å². The molecule has 4 fully saturated rings. The summed E-state index contributed by atoms with van der Waals surface area (Å²) in [5.74, 6) is 1.29. The first-order valence-electron chi connectivity index (χ1n) is 13.5. The van der Waals surface area contributed by atoms with E-state index >= 15 is 0 Å². The van der Waals surface area contributed by atoms with Crippen molar-refractivity contribution in [2.24, 2.45) is 52.3 Å². The molecule has 1 unspecified atom stereocenters. The highest BCUT2D eigenvalue weighted by atomic mass is 16.3. The second kappa shape index (κ2) is 9.67. The lowest BCUT2D eigenvalue weighted by Crippen LogP contribution is -2.62. The minimum Gasteiger partial charge on any atom is -0.396 e. The lowest BCUT2D eigenvalue weighted by Gasteiger charge is -2.63. The molecule has 0 aromatic heterocycles. The number of aliphatic hydroxyl groups is 6. The van der Waals surface area contributed by atoms with Crippen molar-refractivity contribution < 1.29 is 30.6 Å². The molecule has 0 heterocycles. The largest absolute Gasteiger partial charge is 0.396 e. The first-order valence-corrected chi connectivity index (χ1v) is 13.5. The predicted molar refractivity (Wildman–Crippen MR) is 126 cm³/mol. The van der Waals surface area contributed by atoms with Crippen molar-refractivity contribution in [1.82, 2.24) is 0 Å². The Hall–Kier alpha value is -0.240. The molecule has 0 radical (unpaired) electrons. The van der Waals surface area contributed by atoms with Crippen LogP contribution in [0.4, 0.5) is 0 Å². The Bertz CT molecular complexity index is 669. The van der Waals surface area contributed by atoms with Gasteiger partial charge < -0.3 is 30.6 Å². The molecule has 0 spiro atoms. The van der Waals surface area contributed by atoms with E-state index in [1.54, 1.807) is 0 Å². The van der Waals surface area contributed by atoms with Gasteiger partial charge in [-0.25, -0.2) is 0 Å². The average Bonchev–Trinajstić information content (AvgIpc) is 3.13. The molecule has 6 N–H and O–H groups in total. The van der Waals surface area contributed by atoms with Gasteiger partial charge in [-0.05, 0) is 104 Å². The number of hydrogen-bond donors (Lipinski definition) is 6. The van der Waals surface area contributed by atoms with Gasteiger partial charge in [-0.15, -0.1) is 0 Å². The van der Waals surface area contributed by atoms with Crippen LogP contribution in [0.1, 0.15) is 78.6 Å². The van der Waals surface area contributed by atoms with Crippen molar-refractivity contribution >= 4 is 0 Å². The highest BCUT2D eigenvalue weighted by molar-refractivity contribution is 5.14. The minimum atomic E-state index is -0.716. The smallest absolute Gasteiger partial charge is 0.0612 e. The zero-order valence-corrected chi connectivity index (χ0v) is 20.8. The molecule has 12 atom stereocenters. The first-order chi connectivity index (χ1) is 15.6. The molecule has 4 saturated carbocycles. The van der Waals surface area contributed by atoms with Gasteiger partial charge in [0, 0.05) is 5.92 Å². The topological polar surface area (TPSA) is 121 Å². The fourth-order valence-corrected chi connectivity index (χ4v) is 9.30. The molecule has 4 rings (SSSR count). The summed E-state index contributed by atoms with van der Waals surface area (Å²) in [5, 5.41) is 62.4. The molecule has 6 nitrogen and oxygen atoms in total. The third-order valence-corrected chi connectivity index (χ3v) is 11.5. The lowest BCUT2D eigenvalue weighted by molar-refractivity contribution is -0.207. The van der Waals surface area contributed by atoms with E-state index in [0.717, 1.165) is 51.4 Å². The fourth-order valence-electron chi connectivity index (χ4n) is 9.30. The maximum Gasteiger partial charge on any atom is 0.0612 e. The van der Waals surface area contributed by atoms with Gasteiger partial charge in [0.15, 0.2) is 0 Å². The van der Waals surface area contributed by atoms with E-state index in [2.05, 4.69) is 20.8 Å². The maximum atomic E-state index is 11.6. The summed E-state index contributed by atoms with van der Waals surface area (Å²) in [4.78, 5) is 0. The number of aliphatic hydroxyl groups excluding tert-OH is 6. The van der Waals surface area contributed by atoms with Crippen LogP contribution in [0.3, 0.4) is 0 Å². The Labute approximate surface area is 199 Å². The van der Waals surface area contributed by atoms with Gasteiger partial charge in [0.1, 0.15) is 0 Å².